The number of methoxy groups -OCH3 is 2. The molecule has 5 nitrogen and oxygen atoms in total. The zero-order valence-electron chi connectivity index (χ0n) is 10.7. The zero-order valence-corrected chi connectivity index (χ0v) is 10.7. The van der Waals surface area contributed by atoms with E-state index in [1.165, 1.54) is 14.2 Å². The summed E-state index contributed by atoms with van der Waals surface area (Å²) in [5, 5.41) is 8.81. The first-order valence-electron chi connectivity index (χ1n) is 5.51. The van der Waals surface area contributed by atoms with Gasteiger partial charge in [0.25, 0.3) is 0 Å². The highest BCUT2D eigenvalue weighted by atomic mass is 16.5. The minimum Gasteiger partial charge on any atom is -0.496 e. The van der Waals surface area contributed by atoms with Crippen molar-refractivity contribution >= 4 is 11.9 Å². The fourth-order valence-corrected chi connectivity index (χ4v) is 1.45. The Morgan fingerprint density at radius 3 is 2.63 bits per heavy atom. The molecule has 1 aromatic carbocycles. The molecule has 0 aromatic heterocycles. The van der Waals surface area contributed by atoms with E-state index in [0.717, 1.165) is 0 Å². The number of hydrogen-bond acceptors (Lipinski definition) is 4. The van der Waals surface area contributed by atoms with Gasteiger partial charge in [-0.25, -0.2) is 0 Å². The Balaban J connectivity index is 2.91. The maximum absolute atomic E-state index is 10.9. The van der Waals surface area contributed by atoms with Crippen molar-refractivity contribution in [2.24, 2.45) is 0 Å². The van der Waals surface area contributed by atoms with Gasteiger partial charge in [0.2, 0.25) is 0 Å². The number of rotatable bonds is 4. The summed E-state index contributed by atoms with van der Waals surface area (Å²) in [4.78, 5) is 21.6. The van der Waals surface area contributed by atoms with E-state index < -0.39 is 11.9 Å². The smallest absolute Gasteiger partial charge is 0.317 e. The van der Waals surface area contributed by atoms with Crippen LogP contribution in [0.2, 0.25) is 0 Å². The molecule has 0 fully saturated rings. The highest BCUT2D eigenvalue weighted by Crippen LogP contribution is 2.20. The number of esters is 1. The second kappa shape index (κ2) is 7.07. The van der Waals surface area contributed by atoms with Crippen molar-refractivity contribution in [3.63, 3.8) is 0 Å². The number of carbonyl (C=O) groups excluding carboxylic acids is 1. The van der Waals surface area contributed by atoms with Crippen LogP contribution in [0.25, 0.3) is 0 Å². The van der Waals surface area contributed by atoms with Crippen molar-refractivity contribution in [2.45, 2.75) is 12.8 Å². The predicted molar refractivity (Wildman–Crippen MR) is 67.8 cm³/mol. The summed E-state index contributed by atoms with van der Waals surface area (Å²) in [6.45, 7) is 0. The molecule has 5 heteroatoms. The highest BCUT2D eigenvalue weighted by molar-refractivity contribution is 5.73. The van der Waals surface area contributed by atoms with Crippen molar-refractivity contribution in [1.82, 2.24) is 0 Å². The van der Waals surface area contributed by atoms with E-state index >= 15 is 0 Å². The summed E-state index contributed by atoms with van der Waals surface area (Å²) < 4.78 is 9.54. The van der Waals surface area contributed by atoms with Crippen LogP contribution in [0.15, 0.2) is 18.2 Å². The number of aliphatic carboxylic acids is 1. The molecule has 0 atom stereocenters. The molecule has 0 amide bonds. The summed E-state index contributed by atoms with van der Waals surface area (Å²) in [5.41, 5.74) is 1.17. The highest BCUT2D eigenvalue weighted by Gasteiger charge is 2.07. The molecule has 0 radical (unpaired) electrons. The van der Waals surface area contributed by atoms with Crippen LogP contribution in [0.3, 0.4) is 0 Å². The summed E-state index contributed by atoms with van der Waals surface area (Å²) in [7, 11) is 2.77. The van der Waals surface area contributed by atoms with E-state index in [0.29, 0.717) is 16.9 Å². The van der Waals surface area contributed by atoms with Gasteiger partial charge in [0.15, 0.2) is 0 Å². The average molecular weight is 262 g/mol. The van der Waals surface area contributed by atoms with Crippen molar-refractivity contribution < 1.29 is 24.2 Å². The average Bonchev–Trinajstić information content (AvgIpc) is 2.38. The van der Waals surface area contributed by atoms with Crippen molar-refractivity contribution in [1.29, 1.82) is 0 Å². The van der Waals surface area contributed by atoms with E-state index in [-0.39, 0.29) is 12.8 Å². The van der Waals surface area contributed by atoms with Crippen LogP contribution >= 0.6 is 0 Å². The molecule has 1 aromatic rings. The van der Waals surface area contributed by atoms with Gasteiger partial charge in [-0.2, -0.15) is 0 Å². The van der Waals surface area contributed by atoms with Crippen molar-refractivity contribution in [2.75, 3.05) is 14.2 Å². The lowest BCUT2D eigenvalue weighted by Crippen LogP contribution is -2.02. The minimum atomic E-state index is -0.946. The Labute approximate surface area is 111 Å². The van der Waals surface area contributed by atoms with Gasteiger partial charge in [-0.1, -0.05) is 11.8 Å². The van der Waals surface area contributed by atoms with Crippen LogP contribution in [0.5, 0.6) is 5.75 Å². The van der Waals surface area contributed by atoms with Gasteiger partial charge in [-0.15, -0.1) is 0 Å². The van der Waals surface area contributed by atoms with E-state index in [1.54, 1.807) is 18.2 Å². The second-order valence-electron chi connectivity index (χ2n) is 3.65. The Bertz CT molecular complexity index is 537. The predicted octanol–water partition coefficient (Wildman–Crippen LogP) is 1.24. The lowest BCUT2D eigenvalue weighted by molar-refractivity contribution is -0.139. The maximum Gasteiger partial charge on any atom is 0.317 e. The maximum atomic E-state index is 10.9. The molecule has 0 unspecified atom stereocenters. The SMILES string of the molecule is COC(=O)CC#Cc1ccc(OC)c(CC(=O)O)c1. The van der Waals surface area contributed by atoms with Gasteiger partial charge in [0.05, 0.1) is 20.6 Å². The number of carboxylic acid groups (broad SMARTS) is 1. The summed E-state index contributed by atoms with van der Waals surface area (Å²) in [6, 6.07) is 4.99. The monoisotopic (exact) mass is 262 g/mol. The van der Waals surface area contributed by atoms with Crippen molar-refractivity contribution in [3.8, 4) is 17.6 Å². The Kier molecular flexibility index (Phi) is 5.42. The summed E-state index contributed by atoms with van der Waals surface area (Å²) in [6.07, 6.45) is -0.146. The summed E-state index contributed by atoms with van der Waals surface area (Å²) >= 11 is 0. The third-order valence-corrected chi connectivity index (χ3v) is 2.32. The topological polar surface area (TPSA) is 72.8 Å². The Morgan fingerprint density at radius 2 is 2.05 bits per heavy atom. The Morgan fingerprint density at radius 1 is 1.32 bits per heavy atom. The van der Waals surface area contributed by atoms with Crippen LogP contribution in [0, 0.1) is 11.8 Å². The molecule has 1 rings (SSSR count). The molecular formula is C14H14O5. The van der Waals surface area contributed by atoms with Gasteiger partial charge in [0, 0.05) is 11.1 Å². The standard InChI is InChI=1S/C14H14O5/c1-18-12-7-6-10(4-3-5-14(17)19-2)8-11(12)9-13(15)16/h6-8H,5,9H2,1-2H3,(H,15,16). The second-order valence-corrected chi connectivity index (χ2v) is 3.65. The first-order chi connectivity index (χ1) is 9.06. The van der Waals surface area contributed by atoms with Crippen LogP contribution in [-0.4, -0.2) is 31.3 Å². The molecule has 0 aliphatic carbocycles. The van der Waals surface area contributed by atoms with Crippen LogP contribution in [-0.2, 0) is 20.7 Å². The van der Waals surface area contributed by atoms with Gasteiger partial charge in [-0.05, 0) is 18.2 Å². The zero-order chi connectivity index (χ0) is 14.3. The van der Waals surface area contributed by atoms with Gasteiger partial charge in [-0.3, -0.25) is 9.59 Å². The number of ether oxygens (including phenoxy) is 2. The van der Waals surface area contributed by atoms with Crippen molar-refractivity contribution in [3.05, 3.63) is 29.3 Å². The molecule has 19 heavy (non-hydrogen) atoms. The van der Waals surface area contributed by atoms with E-state index in [1.807, 2.05) is 0 Å². The van der Waals surface area contributed by atoms with Gasteiger partial charge < -0.3 is 14.6 Å². The third kappa shape index (κ3) is 4.72. The molecule has 0 aliphatic heterocycles. The normalized spacial score (nSPS) is 9.16. The lowest BCUT2D eigenvalue weighted by atomic mass is 10.1. The lowest BCUT2D eigenvalue weighted by Gasteiger charge is -2.06. The molecule has 0 bridgehead atoms. The molecule has 1 N–H and O–H groups in total. The van der Waals surface area contributed by atoms with Crippen LogP contribution < -0.4 is 4.74 Å². The fourth-order valence-electron chi connectivity index (χ4n) is 1.45. The first kappa shape index (κ1) is 14.6. The fraction of sp³-hybridized carbons (Fsp3) is 0.286. The Hall–Kier alpha value is -2.48. The van der Waals surface area contributed by atoms with Gasteiger partial charge in [0.1, 0.15) is 12.2 Å². The molecule has 0 spiro atoms. The minimum absolute atomic E-state index is 0.00318. The third-order valence-electron chi connectivity index (χ3n) is 2.32. The largest absolute Gasteiger partial charge is 0.496 e. The quantitative estimate of drug-likeness (QED) is 0.652. The van der Waals surface area contributed by atoms with Gasteiger partial charge >= 0.3 is 11.9 Å². The number of benzene rings is 1. The number of carbonyl (C=O) groups is 2. The molecular weight excluding hydrogens is 248 g/mol. The molecule has 0 heterocycles. The first-order valence-corrected chi connectivity index (χ1v) is 5.51. The molecule has 0 saturated heterocycles. The molecule has 0 saturated carbocycles. The van der Waals surface area contributed by atoms with Crippen LogP contribution in [0.1, 0.15) is 17.5 Å². The molecule has 100 valence electrons. The van der Waals surface area contributed by atoms with E-state index in [2.05, 4.69) is 16.6 Å². The van der Waals surface area contributed by atoms with E-state index in [4.69, 9.17) is 9.84 Å². The van der Waals surface area contributed by atoms with Crippen LogP contribution in [0.4, 0.5) is 0 Å². The van der Waals surface area contributed by atoms with E-state index in [9.17, 15) is 9.59 Å². The number of hydrogen-bond donors (Lipinski definition) is 1. The summed E-state index contributed by atoms with van der Waals surface area (Å²) in [5.74, 6) is 4.58. The number of carboxylic acids is 1. The molecule has 0 aliphatic rings.